The number of nitrogens with zero attached hydrogens (tertiary/aromatic N) is 3. The van der Waals surface area contributed by atoms with Crippen molar-refractivity contribution < 1.29 is 18.7 Å². The molecular formula is C20H23FN4O4S. The van der Waals surface area contributed by atoms with Gasteiger partial charge in [0.25, 0.3) is 5.56 Å². The van der Waals surface area contributed by atoms with Crippen molar-refractivity contribution in [2.45, 2.75) is 26.4 Å². The Morgan fingerprint density at radius 1 is 1.30 bits per heavy atom. The number of aromatic nitrogens is 2. The number of carbonyl (C=O) groups excluding carboxylic acids is 1. The summed E-state index contributed by atoms with van der Waals surface area (Å²) in [6.07, 6.45) is -0.765. The van der Waals surface area contributed by atoms with Crippen LogP contribution in [0.25, 0.3) is 16.5 Å². The topological polar surface area (TPSA) is 99.7 Å². The molecule has 0 aliphatic heterocycles. The molecule has 0 radical (unpaired) electrons. The van der Waals surface area contributed by atoms with Crippen LogP contribution >= 0.6 is 11.3 Å². The number of hydrogen-bond acceptors (Lipinski definition) is 7. The Morgan fingerprint density at radius 2 is 1.97 bits per heavy atom. The quantitative estimate of drug-likeness (QED) is 0.657. The van der Waals surface area contributed by atoms with Gasteiger partial charge in [-0.2, -0.15) is 4.68 Å². The van der Waals surface area contributed by atoms with E-state index in [1.807, 2.05) is 0 Å². The van der Waals surface area contributed by atoms with Gasteiger partial charge in [0.1, 0.15) is 18.0 Å². The van der Waals surface area contributed by atoms with Crippen LogP contribution in [0, 0.1) is 0 Å². The van der Waals surface area contributed by atoms with Crippen LogP contribution in [0.2, 0.25) is 0 Å². The van der Waals surface area contributed by atoms with Gasteiger partial charge in [0.15, 0.2) is 5.82 Å². The van der Waals surface area contributed by atoms with Gasteiger partial charge in [0, 0.05) is 10.8 Å². The number of alkyl halides is 1. The van der Waals surface area contributed by atoms with Gasteiger partial charge in [0.2, 0.25) is 0 Å². The zero-order chi connectivity index (χ0) is 22.1. The highest BCUT2D eigenvalue weighted by atomic mass is 32.1. The van der Waals surface area contributed by atoms with E-state index in [0.717, 1.165) is 20.9 Å². The second-order valence-corrected chi connectivity index (χ2v) is 8.36. The lowest BCUT2D eigenvalue weighted by molar-refractivity contribution is 0.0577. The minimum absolute atomic E-state index is 0.0975. The standard InChI is InChI=1S/C20H23FN4O4S/c1-20(2,3)29-19(27)24(10-9-21)17-14-11-30-16(22)15(14)18(26)25(23-17)12-5-7-13(28-4)8-6-12/h5-8,11H,9-10,22H2,1-4H3. The first-order chi connectivity index (χ1) is 14.2. The van der Waals surface area contributed by atoms with Gasteiger partial charge in [-0.3, -0.25) is 9.69 Å². The average Bonchev–Trinajstić information content (AvgIpc) is 3.08. The highest BCUT2D eigenvalue weighted by molar-refractivity contribution is 7.15. The molecule has 3 rings (SSSR count). The number of methoxy groups -OCH3 is 1. The predicted molar refractivity (Wildman–Crippen MR) is 116 cm³/mol. The fourth-order valence-electron chi connectivity index (χ4n) is 2.84. The van der Waals surface area contributed by atoms with Crippen molar-refractivity contribution in [2.24, 2.45) is 0 Å². The molecule has 0 saturated carbocycles. The molecule has 1 amide bonds. The molecule has 10 heteroatoms. The van der Waals surface area contributed by atoms with Crippen LogP contribution in [0.5, 0.6) is 5.75 Å². The molecular weight excluding hydrogens is 411 g/mol. The van der Waals surface area contributed by atoms with Crippen molar-refractivity contribution >= 4 is 39.0 Å². The van der Waals surface area contributed by atoms with Crippen molar-refractivity contribution in [3.8, 4) is 11.4 Å². The number of nitrogens with two attached hydrogens (primary N) is 1. The second kappa shape index (κ2) is 8.31. The van der Waals surface area contributed by atoms with Gasteiger partial charge >= 0.3 is 6.09 Å². The zero-order valence-electron chi connectivity index (χ0n) is 17.1. The Labute approximate surface area is 176 Å². The van der Waals surface area contributed by atoms with E-state index in [0.29, 0.717) is 16.8 Å². The lowest BCUT2D eigenvalue weighted by atomic mass is 10.2. The lowest BCUT2D eigenvalue weighted by Crippen LogP contribution is -2.40. The summed E-state index contributed by atoms with van der Waals surface area (Å²) in [7, 11) is 1.53. The molecule has 0 atom stereocenters. The lowest BCUT2D eigenvalue weighted by Gasteiger charge is -2.26. The normalized spacial score (nSPS) is 11.5. The van der Waals surface area contributed by atoms with Crippen LogP contribution in [0.1, 0.15) is 20.8 Å². The number of anilines is 2. The predicted octanol–water partition coefficient (Wildman–Crippen LogP) is 3.75. The molecule has 0 aliphatic rings. The number of rotatable bonds is 5. The zero-order valence-corrected chi connectivity index (χ0v) is 18.0. The Kier molecular flexibility index (Phi) is 5.97. The van der Waals surface area contributed by atoms with E-state index in [9.17, 15) is 14.0 Å². The first-order valence-electron chi connectivity index (χ1n) is 9.17. The van der Waals surface area contributed by atoms with Crippen molar-refractivity contribution in [3.05, 3.63) is 40.0 Å². The van der Waals surface area contributed by atoms with Crippen LogP contribution < -0.4 is 20.9 Å². The molecule has 8 nitrogen and oxygen atoms in total. The molecule has 0 aliphatic carbocycles. The van der Waals surface area contributed by atoms with E-state index in [1.165, 1.54) is 7.11 Å². The average molecular weight is 434 g/mol. The maximum Gasteiger partial charge on any atom is 0.416 e. The largest absolute Gasteiger partial charge is 0.497 e. The molecule has 30 heavy (non-hydrogen) atoms. The first kappa shape index (κ1) is 21.6. The van der Waals surface area contributed by atoms with Crippen LogP contribution in [0.4, 0.5) is 20.0 Å². The fourth-order valence-corrected chi connectivity index (χ4v) is 3.62. The third kappa shape index (κ3) is 4.23. The summed E-state index contributed by atoms with van der Waals surface area (Å²) in [5, 5.41) is 6.88. The summed E-state index contributed by atoms with van der Waals surface area (Å²) in [6, 6.07) is 6.66. The minimum Gasteiger partial charge on any atom is -0.497 e. The number of halogens is 1. The molecule has 0 bridgehead atoms. The third-order valence-corrected chi connectivity index (χ3v) is 4.97. The van der Waals surface area contributed by atoms with Crippen LogP contribution in [0.3, 0.4) is 0 Å². The van der Waals surface area contributed by atoms with Crippen LogP contribution in [0.15, 0.2) is 34.4 Å². The number of hydrogen-bond donors (Lipinski definition) is 1. The van der Waals surface area contributed by atoms with E-state index in [4.69, 9.17) is 15.2 Å². The maximum atomic E-state index is 13.3. The Hall–Kier alpha value is -3.14. The number of fused-ring (bicyclic) bond motifs is 1. The number of ether oxygens (including phenoxy) is 2. The number of carbonyl (C=O) groups is 1. The molecule has 0 saturated heterocycles. The smallest absolute Gasteiger partial charge is 0.416 e. The van der Waals surface area contributed by atoms with Crippen molar-refractivity contribution in [3.63, 3.8) is 0 Å². The van der Waals surface area contributed by atoms with Crippen molar-refractivity contribution in [2.75, 3.05) is 31.0 Å². The monoisotopic (exact) mass is 434 g/mol. The summed E-state index contributed by atoms with van der Waals surface area (Å²) in [5.74, 6) is 0.705. The summed E-state index contributed by atoms with van der Waals surface area (Å²) >= 11 is 1.15. The van der Waals surface area contributed by atoms with Gasteiger partial charge in [-0.1, -0.05) is 0 Å². The van der Waals surface area contributed by atoms with Gasteiger partial charge in [0.05, 0.1) is 29.7 Å². The molecule has 160 valence electrons. The van der Waals surface area contributed by atoms with Gasteiger partial charge in [-0.05, 0) is 45.0 Å². The highest BCUT2D eigenvalue weighted by Crippen LogP contribution is 2.32. The van der Waals surface area contributed by atoms with E-state index in [1.54, 1.807) is 50.4 Å². The molecule has 3 aromatic rings. The van der Waals surface area contributed by atoms with Gasteiger partial charge in [-0.25, -0.2) is 9.18 Å². The number of benzene rings is 1. The minimum atomic E-state index is -0.816. The SMILES string of the molecule is COc1ccc(-n2nc(N(CCF)C(=O)OC(C)(C)C)c3csc(N)c3c2=O)cc1. The van der Waals surface area contributed by atoms with Crippen LogP contribution in [-0.4, -0.2) is 41.8 Å². The summed E-state index contributed by atoms with van der Waals surface area (Å²) in [6.45, 7) is 4.03. The van der Waals surface area contributed by atoms with Crippen LogP contribution in [-0.2, 0) is 4.74 Å². The summed E-state index contributed by atoms with van der Waals surface area (Å²) < 4.78 is 25.0. The highest BCUT2D eigenvalue weighted by Gasteiger charge is 2.28. The first-order valence-corrected chi connectivity index (χ1v) is 10.0. The molecule has 2 heterocycles. The molecule has 0 fully saturated rings. The van der Waals surface area contributed by atoms with Crippen molar-refractivity contribution in [1.29, 1.82) is 0 Å². The second-order valence-electron chi connectivity index (χ2n) is 7.45. The molecule has 0 spiro atoms. The number of nitrogen functional groups attached to an aromatic ring is 1. The summed E-state index contributed by atoms with van der Waals surface area (Å²) in [4.78, 5) is 26.9. The van der Waals surface area contributed by atoms with E-state index >= 15 is 0 Å². The van der Waals surface area contributed by atoms with Gasteiger partial charge < -0.3 is 15.2 Å². The van der Waals surface area contributed by atoms with E-state index in [-0.39, 0.29) is 22.7 Å². The molecule has 1 aromatic carbocycles. The summed E-state index contributed by atoms with van der Waals surface area (Å²) in [5.41, 5.74) is 5.25. The maximum absolute atomic E-state index is 13.3. The Bertz CT molecular complexity index is 1120. The Morgan fingerprint density at radius 3 is 2.53 bits per heavy atom. The van der Waals surface area contributed by atoms with E-state index in [2.05, 4.69) is 5.10 Å². The third-order valence-electron chi connectivity index (χ3n) is 4.16. The Balaban J connectivity index is 2.23. The van der Waals surface area contributed by atoms with Crippen molar-refractivity contribution in [1.82, 2.24) is 9.78 Å². The number of amides is 1. The van der Waals surface area contributed by atoms with Gasteiger partial charge in [-0.15, -0.1) is 16.4 Å². The van der Waals surface area contributed by atoms with E-state index < -0.39 is 23.9 Å². The molecule has 2 N–H and O–H groups in total. The molecule has 0 unspecified atom stereocenters. The fraction of sp³-hybridized carbons (Fsp3) is 0.350. The molecule has 2 aromatic heterocycles. The number of thiophene rings is 1.